The Morgan fingerprint density at radius 1 is 1.03 bits per heavy atom. The Bertz CT molecular complexity index is 1560. The molecule has 0 amide bonds. The number of aromatic nitrogens is 6. The van der Waals surface area contributed by atoms with E-state index in [1.807, 2.05) is 55.5 Å². The lowest BCUT2D eigenvalue weighted by atomic mass is 10.1. The molecule has 5 rings (SSSR count). The molecule has 9 nitrogen and oxygen atoms in total. The molecule has 3 heterocycles. The fourth-order valence-electron chi connectivity index (χ4n) is 4.84. The molecule has 1 unspecified atom stereocenters. The third-order valence-corrected chi connectivity index (χ3v) is 6.85. The van der Waals surface area contributed by atoms with Crippen molar-refractivity contribution >= 4 is 27.9 Å². The quantitative estimate of drug-likeness (QED) is 0.290. The van der Waals surface area contributed by atoms with Crippen molar-refractivity contribution in [1.82, 2.24) is 34.4 Å². The summed E-state index contributed by atoms with van der Waals surface area (Å²) in [6.07, 6.45) is 4.79. The van der Waals surface area contributed by atoms with Crippen LogP contribution in [0.1, 0.15) is 44.1 Å². The molecule has 0 saturated heterocycles. The van der Waals surface area contributed by atoms with E-state index in [1.165, 1.54) is 6.33 Å². The highest BCUT2D eigenvalue weighted by atomic mass is 16.1. The van der Waals surface area contributed by atoms with Gasteiger partial charge in [-0.05, 0) is 63.2 Å². The van der Waals surface area contributed by atoms with E-state index in [2.05, 4.69) is 44.0 Å². The number of para-hydroxylation sites is 1. The Kier molecular flexibility index (Phi) is 7.23. The monoisotopic (exact) mass is 496 g/mol. The van der Waals surface area contributed by atoms with Gasteiger partial charge < -0.3 is 15.2 Å². The summed E-state index contributed by atoms with van der Waals surface area (Å²) >= 11 is 0. The molecule has 1 atom stereocenters. The van der Waals surface area contributed by atoms with E-state index >= 15 is 0 Å². The van der Waals surface area contributed by atoms with Gasteiger partial charge in [0.15, 0.2) is 11.5 Å². The average molecular weight is 497 g/mol. The van der Waals surface area contributed by atoms with Gasteiger partial charge in [-0.3, -0.25) is 9.36 Å². The summed E-state index contributed by atoms with van der Waals surface area (Å²) in [7, 11) is 0. The van der Waals surface area contributed by atoms with E-state index in [0.29, 0.717) is 28.2 Å². The van der Waals surface area contributed by atoms with Crippen LogP contribution in [0.4, 0.5) is 5.82 Å². The molecule has 190 valence electrons. The van der Waals surface area contributed by atoms with Crippen LogP contribution in [0.3, 0.4) is 0 Å². The summed E-state index contributed by atoms with van der Waals surface area (Å²) in [6.45, 7) is 9.26. The number of benzene rings is 2. The highest BCUT2D eigenvalue weighted by Crippen LogP contribution is 2.27. The zero-order valence-electron chi connectivity index (χ0n) is 21.5. The van der Waals surface area contributed by atoms with Crippen molar-refractivity contribution in [2.24, 2.45) is 0 Å². The predicted octanol–water partition coefficient (Wildman–Crippen LogP) is 4.64. The van der Waals surface area contributed by atoms with Gasteiger partial charge in [-0.25, -0.2) is 19.9 Å². The van der Waals surface area contributed by atoms with Gasteiger partial charge in [-0.15, -0.1) is 0 Å². The summed E-state index contributed by atoms with van der Waals surface area (Å²) in [6, 6.07) is 15.2. The standard InChI is InChI=1S/C28H32N8O/c1-4-35(5-2)16-10-15-22(33-26-24-25(30-17-29-24)31-18-32-26)27-34-21-14-9-11-19(3)23(21)28(37)36(27)20-12-7-6-8-13-20/h6-9,11-14,17-18,22H,4-5,10,15-16H2,1-3H3,(H2,29,30,31,32,33). The molecule has 37 heavy (non-hydrogen) atoms. The lowest BCUT2D eigenvalue weighted by Gasteiger charge is -2.25. The van der Waals surface area contributed by atoms with Crippen molar-refractivity contribution in [1.29, 1.82) is 0 Å². The molecule has 0 bridgehead atoms. The number of imidazole rings is 1. The van der Waals surface area contributed by atoms with E-state index in [9.17, 15) is 4.79 Å². The van der Waals surface area contributed by atoms with Crippen molar-refractivity contribution < 1.29 is 0 Å². The van der Waals surface area contributed by atoms with E-state index in [1.54, 1.807) is 10.9 Å². The summed E-state index contributed by atoms with van der Waals surface area (Å²) < 4.78 is 1.75. The highest BCUT2D eigenvalue weighted by Gasteiger charge is 2.23. The largest absolute Gasteiger partial charge is 0.358 e. The fraction of sp³-hybridized carbons (Fsp3) is 0.321. The van der Waals surface area contributed by atoms with Gasteiger partial charge in [0.1, 0.15) is 17.7 Å². The van der Waals surface area contributed by atoms with E-state index in [-0.39, 0.29) is 11.6 Å². The van der Waals surface area contributed by atoms with Crippen LogP contribution in [-0.2, 0) is 0 Å². The SMILES string of the molecule is CCN(CC)CCCC(Nc1ncnc2nc[nH]c12)c1nc2cccc(C)c2c(=O)n1-c1ccccc1. The molecule has 0 aliphatic rings. The van der Waals surface area contributed by atoms with Gasteiger partial charge in [0.05, 0.1) is 29.0 Å². The molecule has 0 radical (unpaired) electrons. The van der Waals surface area contributed by atoms with E-state index < -0.39 is 0 Å². The molecular formula is C28H32N8O. The normalized spacial score (nSPS) is 12.4. The van der Waals surface area contributed by atoms with Crippen LogP contribution in [-0.4, -0.2) is 54.0 Å². The molecule has 0 spiro atoms. The number of aryl methyl sites for hydroxylation is 1. The summed E-state index contributed by atoms with van der Waals surface area (Å²) in [5.74, 6) is 1.29. The van der Waals surface area contributed by atoms with Crippen molar-refractivity contribution in [3.63, 3.8) is 0 Å². The van der Waals surface area contributed by atoms with Crippen LogP contribution in [0.2, 0.25) is 0 Å². The molecule has 2 N–H and O–H groups in total. The molecule has 0 saturated carbocycles. The van der Waals surface area contributed by atoms with Gasteiger partial charge >= 0.3 is 0 Å². The average Bonchev–Trinajstić information content (AvgIpc) is 3.41. The number of aromatic amines is 1. The van der Waals surface area contributed by atoms with Gasteiger partial charge in [-0.2, -0.15) is 0 Å². The third-order valence-electron chi connectivity index (χ3n) is 6.85. The molecule has 0 fully saturated rings. The topological polar surface area (TPSA) is 105 Å². The molecule has 9 heteroatoms. The van der Waals surface area contributed by atoms with Gasteiger partial charge in [-0.1, -0.05) is 44.2 Å². The fourth-order valence-corrected chi connectivity index (χ4v) is 4.84. The zero-order valence-corrected chi connectivity index (χ0v) is 21.5. The lowest BCUT2D eigenvalue weighted by Crippen LogP contribution is -2.30. The lowest BCUT2D eigenvalue weighted by molar-refractivity contribution is 0.293. The number of rotatable bonds is 10. The first-order chi connectivity index (χ1) is 18.1. The second-order valence-electron chi connectivity index (χ2n) is 9.10. The number of anilines is 1. The molecule has 2 aromatic carbocycles. The number of fused-ring (bicyclic) bond motifs is 2. The molecular weight excluding hydrogens is 464 g/mol. The Balaban J connectivity index is 1.66. The summed E-state index contributed by atoms with van der Waals surface area (Å²) in [5, 5.41) is 4.22. The van der Waals surface area contributed by atoms with Crippen molar-refractivity contribution in [3.8, 4) is 5.69 Å². The van der Waals surface area contributed by atoms with Crippen LogP contribution >= 0.6 is 0 Å². The zero-order chi connectivity index (χ0) is 25.8. The van der Waals surface area contributed by atoms with E-state index in [4.69, 9.17) is 4.98 Å². The van der Waals surface area contributed by atoms with Crippen molar-refractivity contribution in [2.45, 2.75) is 39.7 Å². The van der Waals surface area contributed by atoms with Crippen LogP contribution in [0.5, 0.6) is 0 Å². The highest BCUT2D eigenvalue weighted by molar-refractivity contribution is 5.83. The third kappa shape index (κ3) is 4.95. The minimum absolute atomic E-state index is 0.0748. The number of hydrogen-bond acceptors (Lipinski definition) is 7. The molecule has 0 aliphatic carbocycles. The summed E-state index contributed by atoms with van der Waals surface area (Å²) in [4.78, 5) is 37.7. The minimum atomic E-state index is -0.283. The van der Waals surface area contributed by atoms with Crippen molar-refractivity contribution in [2.75, 3.05) is 25.0 Å². The summed E-state index contributed by atoms with van der Waals surface area (Å²) in [5.41, 5.74) is 3.62. The van der Waals surface area contributed by atoms with Crippen LogP contribution < -0.4 is 10.9 Å². The first-order valence-electron chi connectivity index (χ1n) is 12.8. The second kappa shape index (κ2) is 10.9. The maximum Gasteiger partial charge on any atom is 0.266 e. The van der Waals surface area contributed by atoms with Crippen LogP contribution in [0.15, 0.2) is 66.0 Å². The Labute approximate surface area is 215 Å². The minimum Gasteiger partial charge on any atom is -0.358 e. The van der Waals surface area contributed by atoms with Crippen LogP contribution in [0, 0.1) is 6.92 Å². The maximum atomic E-state index is 14.0. The van der Waals surface area contributed by atoms with Crippen LogP contribution in [0.25, 0.3) is 27.8 Å². The Morgan fingerprint density at radius 3 is 2.62 bits per heavy atom. The van der Waals surface area contributed by atoms with Gasteiger partial charge in [0.2, 0.25) is 0 Å². The molecule has 0 aliphatic heterocycles. The molecule has 5 aromatic rings. The Morgan fingerprint density at radius 2 is 1.84 bits per heavy atom. The number of nitrogens with one attached hydrogen (secondary N) is 2. The first-order valence-corrected chi connectivity index (χ1v) is 12.8. The number of hydrogen-bond donors (Lipinski definition) is 2. The number of nitrogens with zero attached hydrogens (tertiary/aromatic N) is 6. The first kappa shape index (κ1) is 24.6. The molecule has 3 aromatic heterocycles. The smallest absolute Gasteiger partial charge is 0.266 e. The van der Waals surface area contributed by atoms with Gasteiger partial charge in [0.25, 0.3) is 5.56 Å². The predicted molar refractivity (Wildman–Crippen MR) is 147 cm³/mol. The van der Waals surface area contributed by atoms with Crippen molar-refractivity contribution in [3.05, 3.63) is 82.9 Å². The Hall–Kier alpha value is -4.11. The maximum absolute atomic E-state index is 14.0. The van der Waals surface area contributed by atoms with Gasteiger partial charge in [0, 0.05) is 0 Å². The second-order valence-corrected chi connectivity index (χ2v) is 9.10. The number of H-pyrrole nitrogens is 1. The van der Waals surface area contributed by atoms with E-state index in [0.717, 1.165) is 49.2 Å².